The number of thiophene rings is 1. The number of carbonyl (C=O) groups excluding carboxylic acids is 2. The number of hydrogen-bond acceptors (Lipinski definition) is 6. The molecule has 0 aliphatic carbocycles. The van der Waals surface area contributed by atoms with Gasteiger partial charge in [-0.1, -0.05) is 0 Å². The van der Waals surface area contributed by atoms with Crippen LogP contribution in [0.4, 0.5) is 5.69 Å². The monoisotopic (exact) mass is 312 g/mol. The number of hydrogen-bond donors (Lipinski definition) is 1. The zero-order chi connectivity index (χ0) is 15.4. The number of amides is 1. The molecule has 116 valence electrons. The minimum absolute atomic E-state index is 0.119. The summed E-state index contributed by atoms with van der Waals surface area (Å²) in [6.07, 6.45) is 0.238. The molecular weight excluding hydrogens is 292 g/mol. The lowest BCUT2D eigenvalue weighted by Crippen LogP contribution is -2.48. The van der Waals surface area contributed by atoms with Crippen LogP contribution in [-0.2, 0) is 14.3 Å². The summed E-state index contributed by atoms with van der Waals surface area (Å²) in [6, 6.07) is 1.71. The summed E-state index contributed by atoms with van der Waals surface area (Å²) in [4.78, 5) is 26.1. The van der Waals surface area contributed by atoms with Crippen LogP contribution in [0.1, 0.15) is 23.5 Å². The van der Waals surface area contributed by atoms with Crippen LogP contribution >= 0.6 is 11.3 Å². The van der Waals surface area contributed by atoms with Gasteiger partial charge in [0.2, 0.25) is 5.91 Å². The number of nitrogens with one attached hydrogen (secondary N) is 1. The first-order valence-electron chi connectivity index (χ1n) is 6.83. The van der Waals surface area contributed by atoms with E-state index in [2.05, 4.69) is 15.0 Å². The smallest absolute Gasteiger partial charge is 0.350 e. The minimum Gasteiger partial charge on any atom is -0.465 e. The summed E-state index contributed by atoms with van der Waals surface area (Å²) in [7, 11) is 1.32. The molecule has 0 saturated carbocycles. The SMILES string of the molecule is COC(=O)c1sccc1NC(=O)CN1CC(C)OC(C)C1. The Kier molecular flexibility index (Phi) is 5.33. The topological polar surface area (TPSA) is 67.9 Å². The van der Waals surface area contributed by atoms with Crippen LogP contribution in [0, 0.1) is 0 Å². The Morgan fingerprint density at radius 2 is 2.10 bits per heavy atom. The molecule has 1 fully saturated rings. The van der Waals surface area contributed by atoms with Gasteiger partial charge in [0, 0.05) is 13.1 Å². The van der Waals surface area contributed by atoms with Crippen LogP contribution in [-0.4, -0.2) is 55.7 Å². The maximum Gasteiger partial charge on any atom is 0.350 e. The third-order valence-electron chi connectivity index (χ3n) is 3.17. The lowest BCUT2D eigenvalue weighted by Gasteiger charge is -2.34. The van der Waals surface area contributed by atoms with E-state index in [1.807, 2.05) is 13.8 Å². The van der Waals surface area contributed by atoms with Gasteiger partial charge in [0.25, 0.3) is 0 Å². The molecule has 0 spiro atoms. The Morgan fingerprint density at radius 3 is 2.71 bits per heavy atom. The largest absolute Gasteiger partial charge is 0.465 e. The van der Waals surface area contributed by atoms with Gasteiger partial charge >= 0.3 is 5.97 Å². The molecule has 2 rings (SSSR count). The van der Waals surface area contributed by atoms with Gasteiger partial charge in [-0.2, -0.15) is 0 Å². The predicted molar refractivity (Wildman–Crippen MR) is 80.7 cm³/mol. The van der Waals surface area contributed by atoms with E-state index >= 15 is 0 Å². The molecule has 21 heavy (non-hydrogen) atoms. The Balaban J connectivity index is 1.93. The highest BCUT2D eigenvalue weighted by Crippen LogP contribution is 2.23. The van der Waals surface area contributed by atoms with E-state index in [1.54, 1.807) is 11.4 Å². The first-order chi connectivity index (χ1) is 9.99. The first-order valence-corrected chi connectivity index (χ1v) is 7.71. The molecule has 7 heteroatoms. The van der Waals surface area contributed by atoms with Gasteiger partial charge in [-0.15, -0.1) is 11.3 Å². The Morgan fingerprint density at radius 1 is 1.43 bits per heavy atom. The molecule has 6 nitrogen and oxygen atoms in total. The van der Waals surface area contributed by atoms with E-state index < -0.39 is 5.97 Å². The predicted octanol–water partition coefficient (Wildman–Crippen LogP) is 1.58. The molecule has 2 atom stereocenters. The average molecular weight is 312 g/mol. The standard InChI is InChI=1S/C14H20N2O4S/c1-9-6-16(7-10(2)20-9)8-12(17)15-11-4-5-21-13(11)14(18)19-3/h4-5,9-10H,6-8H2,1-3H3,(H,15,17). The highest BCUT2D eigenvalue weighted by Gasteiger charge is 2.24. The molecule has 0 bridgehead atoms. The van der Waals surface area contributed by atoms with E-state index in [1.165, 1.54) is 18.4 Å². The van der Waals surface area contributed by atoms with Crippen LogP contribution < -0.4 is 5.32 Å². The van der Waals surface area contributed by atoms with Gasteiger partial charge in [0.1, 0.15) is 4.88 Å². The van der Waals surface area contributed by atoms with Gasteiger partial charge in [-0.05, 0) is 25.3 Å². The number of nitrogens with zero attached hydrogens (tertiary/aromatic N) is 1. The molecule has 1 aliphatic heterocycles. The normalized spacial score (nSPS) is 22.8. The van der Waals surface area contributed by atoms with Crippen molar-refractivity contribution in [3.63, 3.8) is 0 Å². The number of methoxy groups -OCH3 is 1. The number of esters is 1. The van der Waals surface area contributed by atoms with E-state index in [0.29, 0.717) is 10.6 Å². The van der Waals surface area contributed by atoms with Crippen LogP contribution in [0.2, 0.25) is 0 Å². The van der Waals surface area contributed by atoms with E-state index in [0.717, 1.165) is 13.1 Å². The fraction of sp³-hybridized carbons (Fsp3) is 0.571. The van der Waals surface area contributed by atoms with Gasteiger partial charge < -0.3 is 14.8 Å². The highest BCUT2D eigenvalue weighted by atomic mass is 32.1. The molecule has 1 N–H and O–H groups in total. The quantitative estimate of drug-likeness (QED) is 0.855. The van der Waals surface area contributed by atoms with Crippen molar-refractivity contribution < 1.29 is 19.1 Å². The van der Waals surface area contributed by atoms with Gasteiger partial charge in [0.15, 0.2) is 0 Å². The second-order valence-corrected chi connectivity index (χ2v) is 6.07. The second kappa shape index (κ2) is 7.02. The fourth-order valence-electron chi connectivity index (χ4n) is 2.46. The number of morpholine rings is 1. The van der Waals surface area contributed by atoms with Crippen molar-refractivity contribution in [3.8, 4) is 0 Å². The summed E-state index contributed by atoms with van der Waals surface area (Å²) in [5, 5.41) is 4.52. The van der Waals surface area contributed by atoms with E-state index in [4.69, 9.17) is 4.74 Å². The van der Waals surface area contributed by atoms with Crippen molar-refractivity contribution in [1.82, 2.24) is 4.90 Å². The van der Waals surface area contributed by atoms with Crippen LogP contribution in [0.5, 0.6) is 0 Å². The molecule has 1 amide bonds. The zero-order valence-corrected chi connectivity index (χ0v) is 13.2. The Hall–Kier alpha value is -1.44. The maximum atomic E-state index is 12.1. The third-order valence-corrected chi connectivity index (χ3v) is 4.07. The van der Waals surface area contributed by atoms with Crippen molar-refractivity contribution >= 4 is 28.9 Å². The van der Waals surface area contributed by atoms with E-state index in [-0.39, 0.29) is 24.7 Å². The molecule has 1 aromatic heterocycles. The minimum atomic E-state index is -0.436. The number of carbonyl (C=O) groups is 2. The molecule has 0 aromatic carbocycles. The first kappa shape index (κ1) is 15.9. The number of ether oxygens (including phenoxy) is 2. The van der Waals surface area contributed by atoms with Crippen molar-refractivity contribution in [3.05, 3.63) is 16.3 Å². The summed E-state index contributed by atoms with van der Waals surface area (Å²) in [5.74, 6) is -0.575. The molecule has 1 saturated heterocycles. The van der Waals surface area contributed by atoms with Gasteiger partial charge in [0.05, 0.1) is 31.5 Å². The molecule has 2 heterocycles. The summed E-state index contributed by atoms with van der Waals surface area (Å²) in [5.41, 5.74) is 0.506. The summed E-state index contributed by atoms with van der Waals surface area (Å²) >= 11 is 1.25. The lowest BCUT2D eigenvalue weighted by molar-refractivity contribution is -0.121. The molecule has 0 radical (unpaired) electrons. The second-order valence-electron chi connectivity index (χ2n) is 5.15. The van der Waals surface area contributed by atoms with Crippen LogP contribution in [0.25, 0.3) is 0 Å². The van der Waals surface area contributed by atoms with E-state index in [9.17, 15) is 9.59 Å². The summed E-state index contributed by atoms with van der Waals surface area (Å²) < 4.78 is 10.3. The number of anilines is 1. The van der Waals surface area contributed by atoms with Crippen molar-refractivity contribution in [2.24, 2.45) is 0 Å². The van der Waals surface area contributed by atoms with Crippen molar-refractivity contribution in [2.75, 3.05) is 32.1 Å². The van der Waals surface area contributed by atoms with Crippen molar-refractivity contribution in [2.45, 2.75) is 26.1 Å². The molecular formula is C14H20N2O4S. The molecule has 1 aromatic rings. The Labute approximate surface area is 128 Å². The highest BCUT2D eigenvalue weighted by molar-refractivity contribution is 7.12. The van der Waals surface area contributed by atoms with Crippen LogP contribution in [0.15, 0.2) is 11.4 Å². The maximum absolute atomic E-state index is 12.1. The third kappa shape index (κ3) is 4.26. The molecule has 1 aliphatic rings. The summed E-state index contributed by atoms with van der Waals surface area (Å²) in [6.45, 7) is 5.73. The fourth-order valence-corrected chi connectivity index (χ4v) is 3.23. The van der Waals surface area contributed by atoms with Crippen LogP contribution in [0.3, 0.4) is 0 Å². The van der Waals surface area contributed by atoms with Gasteiger partial charge in [-0.3, -0.25) is 9.69 Å². The van der Waals surface area contributed by atoms with Gasteiger partial charge in [-0.25, -0.2) is 4.79 Å². The molecule has 2 unspecified atom stereocenters. The number of rotatable bonds is 4. The van der Waals surface area contributed by atoms with Crippen molar-refractivity contribution in [1.29, 1.82) is 0 Å². The average Bonchev–Trinajstić information content (AvgIpc) is 2.84. The zero-order valence-electron chi connectivity index (χ0n) is 12.4. The Bertz CT molecular complexity index is 507. The lowest BCUT2D eigenvalue weighted by atomic mass is 10.2.